The van der Waals surface area contributed by atoms with Crippen LogP contribution < -0.4 is 27.9 Å². The molecule has 0 spiro atoms. The summed E-state index contributed by atoms with van der Waals surface area (Å²) in [5.74, 6) is -3.96. The lowest BCUT2D eigenvalue weighted by molar-refractivity contribution is -0.118. The van der Waals surface area contributed by atoms with Crippen molar-refractivity contribution in [1.29, 1.82) is 0 Å². The van der Waals surface area contributed by atoms with Gasteiger partial charge >= 0.3 is 0 Å². The highest BCUT2D eigenvalue weighted by Crippen LogP contribution is 2.34. The van der Waals surface area contributed by atoms with Crippen LogP contribution in [0.2, 0.25) is 0 Å². The molecule has 0 radical (unpaired) electrons. The first kappa shape index (κ1) is 56.4. The molecule has 0 bridgehead atoms. The molecule has 1 fully saturated rings. The number of H-pyrrole nitrogens is 2. The number of hydrogen-bond acceptors (Lipinski definition) is 17. The van der Waals surface area contributed by atoms with Crippen LogP contribution in [0.3, 0.4) is 0 Å². The minimum absolute atomic E-state index is 0.0319. The zero-order valence-corrected chi connectivity index (χ0v) is 44.2. The quantitative estimate of drug-likeness (QED) is 0.0644. The summed E-state index contributed by atoms with van der Waals surface area (Å²) in [5, 5.41) is 23.7. The smallest absolute Gasteiger partial charge is 0.287 e. The molecule has 432 valence electrons. The van der Waals surface area contributed by atoms with Gasteiger partial charge in [-0.25, -0.2) is 37.5 Å². The SMILES string of the molecule is Nc1nc(-c2cc(-c3ccon3)n(Cc3ccccc3F)n2)ncc1NC(=O)C1(N)CC1.O=c1[nH]c(-c2cc(-c3ccccn3)n(Cc3ccccc3F)n2)ncc1F.O=c1[nH]c(-c2cc(-c3ccon3)n(Cc3ccc(F)cc3F)n2)ncc1F. The van der Waals surface area contributed by atoms with Gasteiger partial charge in [-0.15, -0.1) is 0 Å². The van der Waals surface area contributed by atoms with Crippen molar-refractivity contribution in [3.05, 3.63) is 225 Å². The number of halogens is 6. The Bertz CT molecular complexity index is 4530. The summed E-state index contributed by atoms with van der Waals surface area (Å²) in [5.41, 5.74) is 14.8. The van der Waals surface area contributed by atoms with Crippen molar-refractivity contribution in [2.75, 3.05) is 11.1 Å². The van der Waals surface area contributed by atoms with Crippen LogP contribution in [0.1, 0.15) is 29.5 Å². The molecule has 3 aromatic carbocycles. The molecule has 9 aromatic heterocycles. The maximum atomic E-state index is 14.2. The van der Waals surface area contributed by atoms with Gasteiger partial charge in [-0.3, -0.25) is 33.4 Å². The molecular weight excluding hydrogens is 1130 g/mol. The Balaban J connectivity index is 0.000000135. The monoisotopic (exact) mass is 1170 g/mol. The highest BCUT2D eigenvalue weighted by atomic mass is 19.1. The maximum absolute atomic E-state index is 14.2. The van der Waals surface area contributed by atoms with Crippen molar-refractivity contribution in [3.8, 4) is 68.7 Å². The highest BCUT2D eigenvalue weighted by Gasteiger charge is 2.46. The van der Waals surface area contributed by atoms with E-state index in [0.29, 0.717) is 69.5 Å². The topological polar surface area (TPSA) is 317 Å². The molecule has 86 heavy (non-hydrogen) atoms. The molecule has 0 atom stereocenters. The summed E-state index contributed by atoms with van der Waals surface area (Å²) >= 11 is 0. The number of carbonyl (C=O) groups is 1. The van der Waals surface area contributed by atoms with E-state index in [4.69, 9.17) is 20.5 Å². The van der Waals surface area contributed by atoms with Crippen LogP contribution in [-0.4, -0.2) is 86.0 Å². The number of aromatic nitrogens is 15. The van der Waals surface area contributed by atoms with Crippen molar-refractivity contribution in [2.24, 2.45) is 5.73 Å². The number of pyridine rings is 1. The standard InChI is InChI=1S/C21H19FN8O2.C19H13F2N5O.C17H10F3N5O2/c22-13-4-2-1-3-12(13)11-30-17(14-5-8-32-29-14)9-15(28-30)19-25-10-16(18(23)27-19)26-20(31)21(24)6-7-21;20-13-6-2-1-5-12(13)11-26-17(15-7-3-4-8-22-15)9-16(25-26)18-23-10-14(21)19(27)24-18;18-10-2-1-9(11(19)5-10)8-25-15(13-3-4-27-24-13)6-14(23-25)16-21-7-12(20)17(26)22-16/h1-5,8-10H,6-7,11,24H2,(H,26,31)(H2,23,25,27);1-10H,11H2,(H,23,24,27);1-7H,8H2,(H,21,22,26). The average molecular weight is 1170 g/mol. The number of nitrogens with two attached hydrogens (primary N) is 2. The summed E-state index contributed by atoms with van der Waals surface area (Å²) in [6.07, 6.45) is 8.70. The zero-order valence-electron chi connectivity index (χ0n) is 44.2. The summed E-state index contributed by atoms with van der Waals surface area (Å²) in [6.45, 7) is 0.279. The second-order valence-electron chi connectivity index (χ2n) is 19.0. The lowest BCUT2D eigenvalue weighted by Gasteiger charge is -2.11. The molecular formula is C57H42F6N18O5. The number of rotatable bonds is 14. The number of hydrogen-bond donors (Lipinski definition) is 5. The van der Waals surface area contributed by atoms with Crippen LogP contribution >= 0.6 is 0 Å². The van der Waals surface area contributed by atoms with E-state index in [9.17, 15) is 40.7 Å². The van der Waals surface area contributed by atoms with Gasteiger partial charge in [0.2, 0.25) is 17.5 Å². The summed E-state index contributed by atoms with van der Waals surface area (Å²) in [7, 11) is 0. The van der Waals surface area contributed by atoms with E-state index < -0.39 is 39.9 Å². The van der Waals surface area contributed by atoms with E-state index >= 15 is 0 Å². The number of anilines is 2. The van der Waals surface area contributed by atoms with E-state index in [1.165, 1.54) is 47.7 Å². The van der Waals surface area contributed by atoms with Gasteiger partial charge in [0.25, 0.3) is 11.1 Å². The molecule has 1 saturated carbocycles. The fourth-order valence-corrected chi connectivity index (χ4v) is 8.40. The Morgan fingerprint density at radius 1 is 0.547 bits per heavy atom. The van der Waals surface area contributed by atoms with E-state index in [0.717, 1.165) is 24.5 Å². The molecule has 9 heterocycles. The largest absolute Gasteiger partial charge is 0.382 e. The van der Waals surface area contributed by atoms with Crippen LogP contribution in [0.15, 0.2) is 171 Å². The molecule has 1 amide bonds. The normalized spacial score (nSPS) is 12.2. The lowest BCUT2D eigenvalue weighted by Crippen LogP contribution is -2.38. The summed E-state index contributed by atoms with van der Waals surface area (Å²) < 4.78 is 96.1. The summed E-state index contributed by atoms with van der Waals surface area (Å²) in [4.78, 5) is 60.4. The molecule has 0 saturated heterocycles. The fraction of sp³-hybridized carbons (Fsp3) is 0.105. The molecule has 29 heteroatoms. The van der Waals surface area contributed by atoms with E-state index in [1.54, 1.807) is 88.4 Å². The molecule has 23 nitrogen and oxygen atoms in total. The minimum atomic E-state index is -1.02. The first-order chi connectivity index (χ1) is 41.5. The molecule has 7 N–H and O–H groups in total. The van der Waals surface area contributed by atoms with Crippen molar-refractivity contribution in [3.63, 3.8) is 0 Å². The summed E-state index contributed by atoms with van der Waals surface area (Å²) in [6, 6.07) is 29.6. The third-order valence-corrected chi connectivity index (χ3v) is 13.1. The van der Waals surface area contributed by atoms with Gasteiger partial charge in [0, 0.05) is 41.1 Å². The third-order valence-electron chi connectivity index (χ3n) is 13.1. The number of amides is 1. The van der Waals surface area contributed by atoms with Crippen LogP contribution in [0.4, 0.5) is 37.8 Å². The molecule has 12 aromatic rings. The van der Waals surface area contributed by atoms with E-state index in [2.05, 4.69) is 65.8 Å². The Labute approximate surface area is 479 Å². The highest BCUT2D eigenvalue weighted by molar-refractivity contribution is 6.01. The van der Waals surface area contributed by atoms with Crippen LogP contribution in [0, 0.1) is 34.9 Å². The Hall–Kier alpha value is -11.5. The molecule has 1 aliphatic rings. The van der Waals surface area contributed by atoms with Crippen LogP contribution in [0.25, 0.3) is 68.7 Å². The van der Waals surface area contributed by atoms with Crippen LogP contribution in [-0.2, 0) is 24.4 Å². The average Bonchev–Trinajstić information content (AvgIpc) is 2.67. The van der Waals surface area contributed by atoms with Gasteiger partial charge in [-0.2, -0.15) is 24.1 Å². The van der Waals surface area contributed by atoms with Gasteiger partial charge in [0.05, 0.1) is 66.5 Å². The first-order valence-electron chi connectivity index (χ1n) is 25.7. The van der Waals surface area contributed by atoms with E-state index in [1.807, 2.05) is 6.07 Å². The van der Waals surface area contributed by atoms with Crippen molar-refractivity contribution >= 4 is 17.4 Å². The fourth-order valence-electron chi connectivity index (χ4n) is 8.40. The zero-order chi connectivity index (χ0) is 60.1. The van der Waals surface area contributed by atoms with Gasteiger partial charge < -0.3 is 35.8 Å². The van der Waals surface area contributed by atoms with Crippen molar-refractivity contribution in [2.45, 2.75) is 38.0 Å². The predicted octanol–water partition coefficient (Wildman–Crippen LogP) is 7.97. The number of carbonyl (C=O) groups excluding carboxylic acids is 1. The Morgan fingerprint density at radius 2 is 1.05 bits per heavy atom. The second kappa shape index (κ2) is 24.1. The predicted molar refractivity (Wildman–Crippen MR) is 295 cm³/mol. The van der Waals surface area contributed by atoms with Crippen molar-refractivity contribution in [1.82, 2.24) is 74.5 Å². The molecule has 0 unspecified atom stereocenters. The van der Waals surface area contributed by atoms with Gasteiger partial charge in [-0.05, 0) is 61.4 Å². The molecule has 1 aliphatic carbocycles. The van der Waals surface area contributed by atoms with Gasteiger partial charge in [0.15, 0.2) is 23.3 Å². The number of benzene rings is 3. The first-order valence-corrected chi connectivity index (χ1v) is 25.7. The minimum Gasteiger partial charge on any atom is -0.382 e. The Morgan fingerprint density at radius 3 is 1.51 bits per heavy atom. The number of nitrogens with one attached hydrogen (secondary N) is 3. The molecule has 0 aliphatic heterocycles. The van der Waals surface area contributed by atoms with Gasteiger partial charge in [0.1, 0.15) is 70.0 Å². The Kier molecular flexibility index (Phi) is 15.8. The number of aromatic amines is 2. The van der Waals surface area contributed by atoms with E-state index in [-0.39, 0.29) is 77.4 Å². The van der Waals surface area contributed by atoms with Crippen LogP contribution in [0.5, 0.6) is 0 Å². The maximum Gasteiger partial charge on any atom is 0.287 e. The second-order valence-corrected chi connectivity index (χ2v) is 19.0. The van der Waals surface area contributed by atoms with Gasteiger partial charge in [-0.1, -0.05) is 58.8 Å². The third kappa shape index (κ3) is 12.6. The lowest BCUT2D eigenvalue weighted by atomic mass is 10.2. The number of nitrogens with zero attached hydrogens (tertiary/aromatic N) is 13. The van der Waals surface area contributed by atoms with Crippen molar-refractivity contribution < 1.29 is 40.2 Å². The number of nitrogen functional groups attached to an aromatic ring is 1. The molecule has 13 rings (SSSR count).